The van der Waals surface area contributed by atoms with E-state index in [-0.39, 0.29) is 35.0 Å². The average Bonchev–Trinajstić information content (AvgIpc) is 3.15. The van der Waals surface area contributed by atoms with Crippen molar-refractivity contribution in [2.45, 2.75) is 37.7 Å². The Morgan fingerprint density at radius 1 is 1.30 bits per heavy atom. The Balaban J connectivity index is 0.00000192. The van der Waals surface area contributed by atoms with Gasteiger partial charge < -0.3 is 26.2 Å². The number of carbonyl (C=O) groups is 1. The molecule has 1 fully saturated rings. The van der Waals surface area contributed by atoms with Gasteiger partial charge in [0.05, 0.1) is 33.1 Å². The number of carbonyl (C=O) groups excluding carboxylic acids is 1. The van der Waals surface area contributed by atoms with E-state index in [1.54, 1.807) is 11.3 Å². The van der Waals surface area contributed by atoms with Gasteiger partial charge in [-0.3, -0.25) is 4.79 Å². The highest BCUT2D eigenvalue weighted by molar-refractivity contribution is 7.10. The third kappa shape index (κ3) is 4.68. The molecule has 1 saturated heterocycles. The second-order valence-electron chi connectivity index (χ2n) is 7.18. The lowest BCUT2D eigenvalue weighted by Crippen LogP contribution is -3.00. The molecule has 3 rings (SSSR count). The van der Waals surface area contributed by atoms with E-state index in [1.807, 2.05) is 6.07 Å². The normalized spacial score (nSPS) is 24.9. The number of hydrogen-bond donors (Lipinski definition) is 0. The molecule has 0 bridgehead atoms. The van der Waals surface area contributed by atoms with Crippen LogP contribution in [0.2, 0.25) is 0 Å². The standard InChI is InChI=1S/C18H26NO2S.BrH/c1-19(2)11-9-15(10-12-19)21-18(20)17(14-6-3-4-7-14)16-8-5-13-22-16;/h3,5-6,8,13-15,17H,4,7,9-12H2,1-2H3;1H/q+1;/p-1. The third-order valence-electron chi connectivity index (χ3n) is 4.98. The van der Waals surface area contributed by atoms with Crippen molar-refractivity contribution in [1.82, 2.24) is 0 Å². The number of halogens is 1. The van der Waals surface area contributed by atoms with Crippen LogP contribution in [0, 0.1) is 5.92 Å². The van der Waals surface area contributed by atoms with E-state index in [4.69, 9.17) is 4.74 Å². The van der Waals surface area contributed by atoms with E-state index in [1.165, 1.54) is 0 Å². The highest BCUT2D eigenvalue weighted by Crippen LogP contribution is 2.37. The van der Waals surface area contributed by atoms with Gasteiger partial charge in [0.1, 0.15) is 6.10 Å². The van der Waals surface area contributed by atoms with Gasteiger partial charge in [-0.25, -0.2) is 0 Å². The van der Waals surface area contributed by atoms with Crippen molar-refractivity contribution >= 4 is 17.3 Å². The fourth-order valence-corrected chi connectivity index (χ4v) is 4.39. The van der Waals surface area contributed by atoms with E-state index >= 15 is 0 Å². The molecule has 3 nitrogen and oxygen atoms in total. The minimum absolute atomic E-state index is 0. The number of thiophene rings is 1. The predicted molar refractivity (Wildman–Crippen MR) is 89.9 cm³/mol. The molecule has 0 N–H and O–H groups in total. The van der Waals surface area contributed by atoms with Crippen molar-refractivity contribution in [2.75, 3.05) is 27.2 Å². The van der Waals surface area contributed by atoms with Crippen LogP contribution < -0.4 is 17.0 Å². The number of allylic oxidation sites excluding steroid dienone is 2. The first kappa shape index (κ1) is 18.7. The zero-order valence-electron chi connectivity index (χ0n) is 13.9. The summed E-state index contributed by atoms with van der Waals surface area (Å²) in [5.74, 6) is 0.182. The van der Waals surface area contributed by atoms with Crippen LogP contribution >= 0.6 is 11.3 Å². The molecule has 0 saturated carbocycles. The molecule has 0 aromatic carbocycles. The van der Waals surface area contributed by atoms with Crippen molar-refractivity contribution in [3.63, 3.8) is 0 Å². The van der Waals surface area contributed by atoms with E-state index in [0.29, 0.717) is 5.92 Å². The molecule has 1 aromatic rings. The molecule has 2 atom stereocenters. The summed E-state index contributed by atoms with van der Waals surface area (Å²) in [6, 6.07) is 4.10. The Bertz CT molecular complexity index is 531. The van der Waals surface area contributed by atoms with Gasteiger partial charge >= 0.3 is 5.97 Å². The summed E-state index contributed by atoms with van der Waals surface area (Å²) >= 11 is 1.67. The maximum atomic E-state index is 12.8. The molecule has 1 aliphatic carbocycles. The molecule has 1 aromatic heterocycles. The van der Waals surface area contributed by atoms with Gasteiger partial charge in [0.15, 0.2) is 0 Å². The van der Waals surface area contributed by atoms with Gasteiger partial charge in [-0.2, -0.15) is 0 Å². The smallest absolute Gasteiger partial charge is 0.315 e. The van der Waals surface area contributed by atoms with Gasteiger partial charge in [0, 0.05) is 17.7 Å². The summed E-state index contributed by atoms with van der Waals surface area (Å²) < 4.78 is 6.94. The van der Waals surface area contributed by atoms with Crippen molar-refractivity contribution < 1.29 is 31.0 Å². The Morgan fingerprint density at radius 3 is 2.61 bits per heavy atom. The van der Waals surface area contributed by atoms with Gasteiger partial charge in [-0.15, -0.1) is 11.3 Å². The first-order valence-electron chi connectivity index (χ1n) is 8.28. The lowest BCUT2D eigenvalue weighted by atomic mass is 9.90. The monoisotopic (exact) mass is 399 g/mol. The number of rotatable bonds is 4. The first-order chi connectivity index (χ1) is 10.6. The highest BCUT2D eigenvalue weighted by Gasteiger charge is 2.35. The zero-order valence-corrected chi connectivity index (χ0v) is 16.3. The van der Waals surface area contributed by atoms with Crippen LogP contribution in [0.25, 0.3) is 0 Å². The fourth-order valence-electron chi connectivity index (χ4n) is 3.50. The maximum absolute atomic E-state index is 12.8. The van der Waals surface area contributed by atoms with E-state index < -0.39 is 0 Å². The van der Waals surface area contributed by atoms with E-state index in [0.717, 1.165) is 48.1 Å². The summed E-state index contributed by atoms with van der Waals surface area (Å²) in [6.07, 6.45) is 8.60. The summed E-state index contributed by atoms with van der Waals surface area (Å²) in [4.78, 5) is 14.0. The number of esters is 1. The van der Waals surface area contributed by atoms with Crippen LogP contribution in [-0.4, -0.2) is 43.7 Å². The minimum atomic E-state index is -0.108. The third-order valence-corrected chi connectivity index (χ3v) is 5.93. The predicted octanol–water partition coefficient (Wildman–Crippen LogP) is 0.584. The van der Waals surface area contributed by atoms with Crippen LogP contribution in [0.4, 0.5) is 0 Å². The molecule has 0 radical (unpaired) electrons. The molecule has 23 heavy (non-hydrogen) atoms. The Hall–Kier alpha value is -0.650. The quantitative estimate of drug-likeness (QED) is 0.420. The zero-order chi connectivity index (χ0) is 15.6. The number of hydrogen-bond acceptors (Lipinski definition) is 3. The largest absolute Gasteiger partial charge is 1.00 e. The van der Waals surface area contributed by atoms with Crippen LogP contribution in [0.15, 0.2) is 29.7 Å². The fraction of sp³-hybridized carbons (Fsp3) is 0.611. The second-order valence-corrected chi connectivity index (χ2v) is 8.16. The molecule has 2 aliphatic rings. The molecule has 1 aliphatic heterocycles. The number of quaternary nitrogens is 1. The maximum Gasteiger partial charge on any atom is 0.315 e. The Morgan fingerprint density at radius 2 is 2.04 bits per heavy atom. The number of ether oxygens (including phenoxy) is 1. The summed E-state index contributed by atoms with van der Waals surface area (Å²) in [6.45, 7) is 2.18. The van der Waals surface area contributed by atoms with Crippen molar-refractivity contribution in [3.05, 3.63) is 34.5 Å². The first-order valence-corrected chi connectivity index (χ1v) is 9.16. The average molecular weight is 400 g/mol. The SMILES string of the molecule is C[N+]1(C)CCC(OC(=O)C(c2cccs2)C2C=CCC2)CC1.[Br-]. The summed E-state index contributed by atoms with van der Waals surface area (Å²) in [5.41, 5.74) is 0. The highest BCUT2D eigenvalue weighted by atomic mass is 79.9. The number of piperidine rings is 1. The molecular formula is C18H26BrNO2S. The van der Waals surface area contributed by atoms with Crippen LogP contribution in [-0.2, 0) is 9.53 Å². The molecule has 2 unspecified atom stereocenters. The lowest BCUT2D eigenvalue weighted by molar-refractivity contribution is -0.896. The minimum Gasteiger partial charge on any atom is -1.00 e. The number of likely N-dealkylation sites (tertiary alicyclic amines) is 1. The molecule has 5 heteroatoms. The van der Waals surface area contributed by atoms with Gasteiger partial charge in [0.25, 0.3) is 0 Å². The lowest BCUT2D eigenvalue weighted by Gasteiger charge is -2.37. The summed E-state index contributed by atoms with van der Waals surface area (Å²) in [7, 11) is 4.49. The van der Waals surface area contributed by atoms with Crippen molar-refractivity contribution in [3.8, 4) is 0 Å². The molecule has 0 amide bonds. The molecular weight excluding hydrogens is 374 g/mol. The van der Waals surface area contributed by atoms with E-state index in [9.17, 15) is 4.79 Å². The van der Waals surface area contributed by atoms with Gasteiger partial charge in [0.2, 0.25) is 0 Å². The number of nitrogens with zero attached hydrogens (tertiary/aromatic N) is 1. The Labute approximate surface area is 153 Å². The van der Waals surface area contributed by atoms with Crippen molar-refractivity contribution in [1.29, 1.82) is 0 Å². The van der Waals surface area contributed by atoms with Crippen LogP contribution in [0.5, 0.6) is 0 Å². The molecule has 0 spiro atoms. The topological polar surface area (TPSA) is 26.3 Å². The van der Waals surface area contributed by atoms with Crippen molar-refractivity contribution in [2.24, 2.45) is 5.92 Å². The summed E-state index contributed by atoms with van der Waals surface area (Å²) in [5, 5.41) is 2.05. The van der Waals surface area contributed by atoms with Crippen LogP contribution in [0.3, 0.4) is 0 Å². The molecule has 128 valence electrons. The van der Waals surface area contributed by atoms with Gasteiger partial charge in [-0.1, -0.05) is 18.2 Å². The van der Waals surface area contributed by atoms with E-state index in [2.05, 4.69) is 37.7 Å². The second kappa shape index (κ2) is 7.95. The van der Waals surface area contributed by atoms with Crippen LogP contribution in [0.1, 0.15) is 36.5 Å². The molecule has 2 heterocycles. The van der Waals surface area contributed by atoms with Gasteiger partial charge in [-0.05, 0) is 30.2 Å². The Kier molecular flexibility index (Phi) is 6.46.